The molecule has 1 aliphatic heterocycles. The Kier molecular flexibility index (Phi) is 3.89. The van der Waals surface area contributed by atoms with Crippen LogP contribution in [0.4, 0.5) is 11.5 Å². The Morgan fingerprint density at radius 2 is 2.12 bits per heavy atom. The molecule has 1 aromatic rings. The number of hydrogen-bond donors (Lipinski definition) is 2. The fraction of sp³-hybridized carbons (Fsp3) is 0.750. The van der Waals surface area contributed by atoms with Crippen LogP contribution in [0.1, 0.15) is 26.2 Å². The number of aromatic nitrogens is 2. The highest BCUT2D eigenvalue weighted by molar-refractivity contribution is 5.59. The number of hydrogen-bond acceptors (Lipinski definition) is 4. The van der Waals surface area contributed by atoms with E-state index in [4.69, 9.17) is 5.73 Å². The summed E-state index contributed by atoms with van der Waals surface area (Å²) in [7, 11) is 1.88. The van der Waals surface area contributed by atoms with E-state index in [1.807, 2.05) is 13.2 Å². The van der Waals surface area contributed by atoms with Crippen molar-refractivity contribution < 1.29 is 0 Å². The molecule has 0 aromatic carbocycles. The van der Waals surface area contributed by atoms with Gasteiger partial charge in [-0.05, 0) is 32.9 Å². The van der Waals surface area contributed by atoms with Gasteiger partial charge in [0, 0.05) is 25.8 Å². The molecule has 5 heteroatoms. The molecule has 1 aromatic heterocycles. The third-order valence-corrected chi connectivity index (χ3v) is 3.44. The highest BCUT2D eigenvalue weighted by Crippen LogP contribution is 2.16. The predicted octanol–water partition coefficient (Wildman–Crippen LogP) is 1.29. The lowest BCUT2D eigenvalue weighted by molar-refractivity contribution is 0.180. The van der Waals surface area contributed by atoms with Crippen LogP contribution >= 0.6 is 0 Å². The van der Waals surface area contributed by atoms with Crippen molar-refractivity contribution in [1.82, 2.24) is 14.7 Å². The van der Waals surface area contributed by atoms with Gasteiger partial charge in [-0.1, -0.05) is 6.42 Å². The first-order valence-corrected chi connectivity index (χ1v) is 6.44. The largest absolute Gasteiger partial charge is 0.394 e. The summed E-state index contributed by atoms with van der Waals surface area (Å²) < 4.78 is 1.74. The molecule has 1 fully saturated rings. The van der Waals surface area contributed by atoms with Crippen LogP contribution in [0.2, 0.25) is 0 Å². The molecule has 3 N–H and O–H groups in total. The molecule has 17 heavy (non-hydrogen) atoms. The van der Waals surface area contributed by atoms with Gasteiger partial charge < -0.3 is 11.1 Å². The van der Waals surface area contributed by atoms with Gasteiger partial charge in [0.2, 0.25) is 0 Å². The van der Waals surface area contributed by atoms with Crippen molar-refractivity contribution in [1.29, 1.82) is 0 Å². The van der Waals surface area contributed by atoms with Crippen LogP contribution in [0.25, 0.3) is 0 Å². The minimum Gasteiger partial charge on any atom is -0.394 e. The molecule has 1 aliphatic rings. The lowest BCUT2D eigenvalue weighted by Gasteiger charge is -2.32. The Bertz CT molecular complexity index is 354. The summed E-state index contributed by atoms with van der Waals surface area (Å²) in [6.45, 7) is 5.61. The fourth-order valence-electron chi connectivity index (χ4n) is 2.38. The summed E-state index contributed by atoms with van der Waals surface area (Å²) in [5.74, 6) is 0.802. The monoisotopic (exact) mass is 237 g/mol. The van der Waals surface area contributed by atoms with Crippen molar-refractivity contribution in [2.45, 2.75) is 32.2 Å². The molecule has 1 atom stereocenters. The number of nitrogen functional groups attached to an aromatic ring is 1. The molecule has 0 bridgehead atoms. The van der Waals surface area contributed by atoms with Crippen molar-refractivity contribution in [3.8, 4) is 0 Å². The molecule has 1 saturated heterocycles. The molecule has 0 amide bonds. The second-order valence-electron chi connectivity index (χ2n) is 4.93. The maximum absolute atomic E-state index is 5.85. The normalized spacial score (nSPS) is 19.2. The summed E-state index contributed by atoms with van der Waals surface area (Å²) in [6, 6.07) is 0.539. The van der Waals surface area contributed by atoms with Gasteiger partial charge in [0.1, 0.15) is 0 Å². The minimum atomic E-state index is 0.539. The van der Waals surface area contributed by atoms with E-state index >= 15 is 0 Å². The maximum Gasteiger partial charge on any atom is 0.171 e. The van der Waals surface area contributed by atoms with Crippen LogP contribution in [0.5, 0.6) is 0 Å². The van der Waals surface area contributed by atoms with Crippen molar-refractivity contribution in [2.75, 3.05) is 30.7 Å². The molecule has 0 radical (unpaired) electrons. The molecule has 96 valence electrons. The molecule has 0 saturated carbocycles. The van der Waals surface area contributed by atoms with Crippen LogP contribution in [0.3, 0.4) is 0 Å². The van der Waals surface area contributed by atoms with E-state index in [-0.39, 0.29) is 0 Å². The predicted molar refractivity (Wildman–Crippen MR) is 71.0 cm³/mol. The van der Waals surface area contributed by atoms with Crippen LogP contribution in [-0.4, -0.2) is 40.4 Å². The van der Waals surface area contributed by atoms with Gasteiger partial charge in [-0.2, -0.15) is 5.10 Å². The van der Waals surface area contributed by atoms with E-state index in [0.717, 1.165) is 18.1 Å². The number of nitrogens with two attached hydrogens (primary N) is 1. The highest BCUT2D eigenvalue weighted by Gasteiger charge is 2.16. The van der Waals surface area contributed by atoms with Gasteiger partial charge in [-0.3, -0.25) is 9.58 Å². The summed E-state index contributed by atoms with van der Waals surface area (Å²) >= 11 is 0. The Morgan fingerprint density at radius 3 is 2.71 bits per heavy atom. The Balaban J connectivity index is 1.82. The molecular weight excluding hydrogens is 214 g/mol. The average molecular weight is 237 g/mol. The van der Waals surface area contributed by atoms with Gasteiger partial charge in [-0.15, -0.1) is 0 Å². The standard InChI is InChI=1S/C12H23N5/c1-10(17-6-4-3-5-7-17)8-14-12-11(13)9-16(2)15-12/h9-10H,3-8,13H2,1-2H3,(H,14,15). The number of aryl methyl sites for hydroxylation is 1. The lowest BCUT2D eigenvalue weighted by atomic mass is 10.1. The minimum absolute atomic E-state index is 0.539. The molecule has 2 heterocycles. The van der Waals surface area contributed by atoms with Gasteiger partial charge in [0.05, 0.1) is 5.69 Å². The molecule has 0 aliphatic carbocycles. The van der Waals surface area contributed by atoms with Gasteiger partial charge in [-0.25, -0.2) is 0 Å². The van der Waals surface area contributed by atoms with E-state index in [2.05, 4.69) is 22.2 Å². The number of piperidine rings is 1. The van der Waals surface area contributed by atoms with Crippen molar-refractivity contribution in [3.63, 3.8) is 0 Å². The number of nitrogens with one attached hydrogen (secondary N) is 1. The maximum atomic E-state index is 5.85. The first-order chi connectivity index (χ1) is 8.16. The van der Waals surface area contributed by atoms with E-state index < -0.39 is 0 Å². The molecule has 0 spiro atoms. The molecular formula is C12H23N5. The van der Waals surface area contributed by atoms with E-state index in [0.29, 0.717) is 6.04 Å². The van der Waals surface area contributed by atoms with Crippen LogP contribution < -0.4 is 11.1 Å². The zero-order valence-electron chi connectivity index (χ0n) is 10.8. The number of nitrogens with zero attached hydrogens (tertiary/aromatic N) is 3. The summed E-state index contributed by atoms with van der Waals surface area (Å²) in [5.41, 5.74) is 6.57. The Hall–Kier alpha value is -1.23. The second-order valence-corrected chi connectivity index (χ2v) is 4.93. The van der Waals surface area contributed by atoms with Crippen LogP contribution in [-0.2, 0) is 7.05 Å². The van der Waals surface area contributed by atoms with Crippen molar-refractivity contribution >= 4 is 11.5 Å². The van der Waals surface area contributed by atoms with Crippen LogP contribution in [0, 0.1) is 0 Å². The quantitative estimate of drug-likeness (QED) is 0.828. The summed E-state index contributed by atoms with van der Waals surface area (Å²) in [5, 5.41) is 7.62. The smallest absolute Gasteiger partial charge is 0.171 e. The first kappa shape index (κ1) is 12.2. The summed E-state index contributed by atoms with van der Waals surface area (Å²) in [6.07, 6.45) is 5.86. The van der Waals surface area contributed by atoms with E-state index in [9.17, 15) is 0 Å². The van der Waals surface area contributed by atoms with E-state index in [1.165, 1.54) is 32.4 Å². The SMILES string of the molecule is CC(CNc1nn(C)cc1N)N1CCCCC1. The number of anilines is 2. The average Bonchev–Trinajstić information content (AvgIpc) is 2.66. The van der Waals surface area contributed by atoms with Gasteiger partial charge in [0.25, 0.3) is 0 Å². The lowest BCUT2D eigenvalue weighted by Crippen LogP contribution is -2.41. The Labute approximate surface area is 103 Å². The third-order valence-electron chi connectivity index (χ3n) is 3.44. The third kappa shape index (κ3) is 3.12. The highest BCUT2D eigenvalue weighted by atomic mass is 15.3. The topological polar surface area (TPSA) is 59.1 Å². The number of rotatable bonds is 4. The molecule has 1 unspecified atom stereocenters. The second kappa shape index (κ2) is 5.40. The fourth-order valence-corrected chi connectivity index (χ4v) is 2.38. The van der Waals surface area contributed by atoms with E-state index in [1.54, 1.807) is 4.68 Å². The first-order valence-electron chi connectivity index (χ1n) is 6.44. The van der Waals surface area contributed by atoms with Crippen molar-refractivity contribution in [2.24, 2.45) is 7.05 Å². The zero-order valence-corrected chi connectivity index (χ0v) is 10.8. The molecule has 5 nitrogen and oxygen atoms in total. The van der Waals surface area contributed by atoms with Gasteiger partial charge >= 0.3 is 0 Å². The van der Waals surface area contributed by atoms with Crippen LogP contribution in [0.15, 0.2) is 6.20 Å². The van der Waals surface area contributed by atoms with Crippen molar-refractivity contribution in [3.05, 3.63) is 6.20 Å². The molecule has 2 rings (SSSR count). The Morgan fingerprint density at radius 1 is 1.41 bits per heavy atom. The summed E-state index contributed by atoms with van der Waals surface area (Å²) in [4.78, 5) is 2.54. The van der Waals surface area contributed by atoms with Gasteiger partial charge in [0.15, 0.2) is 5.82 Å². The number of likely N-dealkylation sites (tertiary alicyclic amines) is 1. The zero-order chi connectivity index (χ0) is 12.3.